The third-order valence-corrected chi connectivity index (χ3v) is 6.74. The summed E-state index contributed by atoms with van der Waals surface area (Å²) < 4.78 is 13.5. The molecule has 4 aromatic rings. The van der Waals surface area contributed by atoms with Gasteiger partial charge in [-0.05, 0) is 42.0 Å². The molecule has 8 heteroatoms. The van der Waals surface area contributed by atoms with Crippen LogP contribution < -0.4 is 14.4 Å². The predicted molar refractivity (Wildman–Crippen MR) is 130 cm³/mol. The number of aromatic nitrogens is 2. The Morgan fingerprint density at radius 1 is 1.12 bits per heavy atom. The highest BCUT2D eigenvalue weighted by Crippen LogP contribution is 2.35. The van der Waals surface area contributed by atoms with Gasteiger partial charge in [-0.15, -0.1) is 11.3 Å². The van der Waals surface area contributed by atoms with Crippen LogP contribution in [0.15, 0.2) is 60.0 Å². The molecule has 1 amide bonds. The molecule has 164 valence electrons. The fourth-order valence-corrected chi connectivity index (χ4v) is 5.01. The first kappa shape index (κ1) is 20.9. The highest BCUT2D eigenvalue weighted by molar-refractivity contribution is 7.97. The van der Waals surface area contributed by atoms with Crippen molar-refractivity contribution < 1.29 is 14.3 Å². The zero-order valence-electron chi connectivity index (χ0n) is 17.7. The number of amides is 1. The van der Waals surface area contributed by atoms with Crippen molar-refractivity contribution in [2.75, 3.05) is 24.4 Å². The minimum Gasteiger partial charge on any atom is -0.486 e. The average Bonchev–Trinajstić information content (AvgIpc) is 3.45. The van der Waals surface area contributed by atoms with Gasteiger partial charge >= 0.3 is 0 Å². The van der Waals surface area contributed by atoms with E-state index in [1.165, 1.54) is 0 Å². The van der Waals surface area contributed by atoms with Crippen LogP contribution in [0.2, 0.25) is 0 Å². The Bertz CT molecular complexity index is 1240. The number of nitrogens with zero attached hydrogens (tertiary/aromatic N) is 3. The number of fused-ring (bicyclic) bond motifs is 2. The van der Waals surface area contributed by atoms with E-state index >= 15 is 0 Å². The first-order chi connectivity index (χ1) is 15.7. The highest BCUT2D eigenvalue weighted by Gasteiger charge is 2.22. The van der Waals surface area contributed by atoms with Crippen molar-refractivity contribution in [3.05, 3.63) is 70.7 Å². The summed E-state index contributed by atoms with van der Waals surface area (Å²) in [5, 5.41) is 2.03. The molecule has 0 saturated carbocycles. The van der Waals surface area contributed by atoms with E-state index in [1.807, 2.05) is 69.6 Å². The van der Waals surface area contributed by atoms with E-state index < -0.39 is 0 Å². The molecule has 1 aliphatic rings. The fourth-order valence-electron chi connectivity index (χ4n) is 3.84. The lowest BCUT2D eigenvalue weighted by molar-refractivity contribution is -0.119. The van der Waals surface area contributed by atoms with Crippen molar-refractivity contribution in [3.63, 3.8) is 0 Å². The second-order valence-electron chi connectivity index (χ2n) is 7.42. The Kier molecular flexibility index (Phi) is 6.05. The summed E-state index contributed by atoms with van der Waals surface area (Å²) in [4.78, 5) is 21.4. The van der Waals surface area contributed by atoms with Crippen LogP contribution in [0.25, 0.3) is 11.0 Å². The molecule has 0 atom stereocenters. The van der Waals surface area contributed by atoms with Gasteiger partial charge in [0.2, 0.25) is 5.91 Å². The molecular weight excluding hydrogens is 442 g/mol. The topological polar surface area (TPSA) is 56.6 Å². The molecule has 1 aliphatic heterocycles. The van der Waals surface area contributed by atoms with Crippen LogP contribution in [0.4, 0.5) is 5.69 Å². The Hall–Kier alpha value is -2.97. The number of thioether (sulfide) groups is 1. The number of thiophene rings is 1. The molecule has 2 aromatic carbocycles. The standard InChI is InChI=1S/C24H23N3O3S2/c1-31-16-23-25-19-6-2-3-7-20(19)27(23)15-24(28)26(14-18-5-4-12-32-18)17-8-9-21-22(13-17)30-11-10-29-21/h2-9,12-13H,10-11,14-16H2,1H3. The number of para-hydroxylation sites is 2. The first-order valence-corrected chi connectivity index (χ1v) is 12.7. The molecule has 0 saturated heterocycles. The number of carbonyl (C=O) groups is 1. The number of carbonyl (C=O) groups excluding carboxylic acids is 1. The number of hydrogen-bond acceptors (Lipinski definition) is 6. The molecule has 6 nitrogen and oxygen atoms in total. The highest BCUT2D eigenvalue weighted by atomic mass is 32.2. The number of anilines is 1. The Balaban J connectivity index is 1.50. The maximum atomic E-state index is 13.7. The quantitative estimate of drug-likeness (QED) is 0.386. The molecule has 2 aromatic heterocycles. The van der Waals surface area contributed by atoms with Crippen LogP contribution in [0.1, 0.15) is 10.7 Å². The van der Waals surface area contributed by atoms with Gasteiger partial charge in [-0.2, -0.15) is 11.8 Å². The normalized spacial score (nSPS) is 12.8. The zero-order valence-corrected chi connectivity index (χ0v) is 19.3. The van der Waals surface area contributed by atoms with Crippen LogP contribution in [0.3, 0.4) is 0 Å². The van der Waals surface area contributed by atoms with Crippen molar-refractivity contribution in [3.8, 4) is 11.5 Å². The third kappa shape index (κ3) is 4.20. The predicted octanol–water partition coefficient (Wildman–Crippen LogP) is 4.97. The molecule has 32 heavy (non-hydrogen) atoms. The molecule has 3 heterocycles. The lowest BCUT2D eigenvalue weighted by Gasteiger charge is -2.25. The first-order valence-electron chi connectivity index (χ1n) is 10.4. The summed E-state index contributed by atoms with van der Waals surface area (Å²) in [6, 6.07) is 17.7. The van der Waals surface area contributed by atoms with E-state index in [-0.39, 0.29) is 12.5 Å². The van der Waals surface area contributed by atoms with Crippen LogP contribution in [0.5, 0.6) is 11.5 Å². The molecule has 0 fully saturated rings. The molecule has 0 spiro atoms. The number of benzene rings is 2. The van der Waals surface area contributed by atoms with Gasteiger partial charge in [-0.1, -0.05) is 18.2 Å². The Labute approximate surface area is 194 Å². The molecular formula is C24H23N3O3S2. The van der Waals surface area contributed by atoms with Crippen molar-refractivity contribution in [2.24, 2.45) is 0 Å². The van der Waals surface area contributed by atoms with Crippen LogP contribution in [0, 0.1) is 0 Å². The van der Waals surface area contributed by atoms with E-state index in [4.69, 9.17) is 14.5 Å². The van der Waals surface area contributed by atoms with Crippen molar-refractivity contribution >= 4 is 45.7 Å². The van der Waals surface area contributed by atoms with Crippen molar-refractivity contribution in [2.45, 2.75) is 18.8 Å². The van der Waals surface area contributed by atoms with Crippen molar-refractivity contribution in [1.29, 1.82) is 0 Å². The van der Waals surface area contributed by atoms with Gasteiger partial charge in [0.25, 0.3) is 0 Å². The average molecular weight is 466 g/mol. The largest absolute Gasteiger partial charge is 0.486 e. The molecule has 0 bridgehead atoms. The lowest BCUT2D eigenvalue weighted by atomic mass is 10.2. The van der Waals surface area contributed by atoms with E-state index in [9.17, 15) is 4.79 Å². The monoisotopic (exact) mass is 465 g/mol. The summed E-state index contributed by atoms with van der Waals surface area (Å²) in [6.45, 7) is 1.77. The number of hydrogen-bond donors (Lipinski definition) is 0. The second kappa shape index (κ2) is 9.26. The summed E-state index contributed by atoms with van der Waals surface area (Å²) in [5.74, 6) is 3.04. The molecule has 0 N–H and O–H groups in total. The maximum absolute atomic E-state index is 13.7. The summed E-state index contributed by atoms with van der Waals surface area (Å²) in [5.41, 5.74) is 2.68. The zero-order chi connectivity index (χ0) is 21.9. The SMILES string of the molecule is CSCc1nc2ccccc2n1CC(=O)N(Cc1cccs1)c1ccc2c(c1)OCCO2. The van der Waals surface area contributed by atoms with Gasteiger partial charge < -0.3 is 18.9 Å². The third-order valence-electron chi connectivity index (χ3n) is 5.33. The van der Waals surface area contributed by atoms with E-state index in [0.717, 1.165) is 33.2 Å². The minimum atomic E-state index is 0.000541. The Morgan fingerprint density at radius 2 is 1.97 bits per heavy atom. The van der Waals surface area contributed by atoms with Crippen LogP contribution in [-0.2, 0) is 23.6 Å². The van der Waals surface area contributed by atoms with Gasteiger partial charge in [-0.3, -0.25) is 4.79 Å². The van der Waals surface area contributed by atoms with Crippen molar-refractivity contribution in [1.82, 2.24) is 9.55 Å². The van der Waals surface area contributed by atoms with E-state index in [1.54, 1.807) is 23.1 Å². The molecule has 5 rings (SSSR count). The summed E-state index contributed by atoms with van der Waals surface area (Å²) >= 11 is 3.34. The lowest BCUT2D eigenvalue weighted by Crippen LogP contribution is -2.33. The maximum Gasteiger partial charge on any atom is 0.247 e. The smallest absolute Gasteiger partial charge is 0.247 e. The number of ether oxygens (including phenoxy) is 2. The van der Waals surface area contributed by atoms with Gasteiger partial charge in [0.15, 0.2) is 11.5 Å². The van der Waals surface area contributed by atoms with Gasteiger partial charge in [0.05, 0.1) is 23.3 Å². The van der Waals surface area contributed by atoms with E-state index in [0.29, 0.717) is 31.3 Å². The van der Waals surface area contributed by atoms with Gasteiger partial charge in [0.1, 0.15) is 25.6 Å². The van der Waals surface area contributed by atoms with E-state index in [2.05, 4.69) is 6.07 Å². The molecule has 0 radical (unpaired) electrons. The summed E-state index contributed by atoms with van der Waals surface area (Å²) in [7, 11) is 0. The van der Waals surface area contributed by atoms with Gasteiger partial charge in [0, 0.05) is 16.6 Å². The number of rotatable bonds is 7. The fraction of sp³-hybridized carbons (Fsp3) is 0.250. The second-order valence-corrected chi connectivity index (χ2v) is 9.32. The van der Waals surface area contributed by atoms with Crippen LogP contribution in [-0.4, -0.2) is 34.9 Å². The Morgan fingerprint density at radius 3 is 2.78 bits per heavy atom. The molecule has 0 aliphatic carbocycles. The van der Waals surface area contributed by atoms with Gasteiger partial charge in [-0.25, -0.2) is 4.98 Å². The summed E-state index contributed by atoms with van der Waals surface area (Å²) in [6.07, 6.45) is 2.05. The van der Waals surface area contributed by atoms with Crippen LogP contribution >= 0.6 is 23.1 Å². The molecule has 0 unspecified atom stereocenters. The minimum absolute atomic E-state index is 0.000541. The number of imidazole rings is 1.